The zero-order valence-electron chi connectivity index (χ0n) is 11.8. The summed E-state index contributed by atoms with van der Waals surface area (Å²) in [4.78, 5) is 0. The third-order valence-corrected chi connectivity index (χ3v) is 4.10. The van der Waals surface area contributed by atoms with Gasteiger partial charge in [0, 0.05) is 6.04 Å². The zero-order valence-corrected chi connectivity index (χ0v) is 13.3. The fraction of sp³-hybridized carbons (Fsp3) is 0.294. The van der Waals surface area contributed by atoms with E-state index in [0.717, 1.165) is 18.5 Å². The van der Waals surface area contributed by atoms with Gasteiger partial charge in [-0.3, -0.25) is 0 Å². The Hall–Kier alpha value is -1.02. The summed E-state index contributed by atoms with van der Waals surface area (Å²) in [6, 6.07) is 14.5. The molecule has 0 amide bonds. The molecule has 1 unspecified atom stereocenters. The summed E-state index contributed by atoms with van der Waals surface area (Å²) in [6.07, 6.45) is 1.12. The molecular weight excluding hydrogens is 289 g/mol. The molecule has 2 aromatic rings. The maximum absolute atomic E-state index is 6.13. The van der Waals surface area contributed by atoms with Crippen molar-refractivity contribution in [3.05, 3.63) is 58.1 Å². The Morgan fingerprint density at radius 3 is 2.50 bits per heavy atom. The Morgan fingerprint density at radius 2 is 1.80 bits per heavy atom. The molecule has 0 heterocycles. The lowest BCUT2D eigenvalue weighted by atomic mass is 9.95. The predicted octanol–water partition coefficient (Wildman–Crippen LogP) is 5.72. The fourth-order valence-electron chi connectivity index (χ4n) is 2.27. The van der Waals surface area contributed by atoms with Crippen molar-refractivity contribution >= 4 is 23.2 Å². The molecule has 1 N–H and O–H groups in total. The van der Waals surface area contributed by atoms with Crippen molar-refractivity contribution in [2.75, 3.05) is 6.54 Å². The van der Waals surface area contributed by atoms with Crippen molar-refractivity contribution in [2.45, 2.75) is 26.3 Å². The summed E-state index contributed by atoms with van der Waals surface area (Å²) in [5.74, 6) is 0. The first-order chi connectivity index (χ1) is 9.63. The van der Waals surface area contributed by atoms with E-state index in [1.807, 2.05) is 24.3 Å². The van der Waals surface area contributed by atoms with Gasteiger partial charge in [0.2, 0.25) is 0 Å². The summed E-state index contributed by atoms with van der Waals surface area (Å²) >= 11 is 12.1. The summed E-state index contributed by atoms with van der Waals surface area (Å²) in [7, 11) is 0. The van der Waals surface area contributed by atoms with Crippen LogP contribution < -0.4 is 5.32 Å². The van der Waals surface area contributed by atoms with Gasteiger partial charge in [-0.2, -0.15) is 0 Å². The van der Waals surface area contributed by atoms with Gasteiger partial charge in [-0.05, 0) is 48.7 Å². The molecule has 2 rings (SSSR count). The van der Waals surface area contributed by atoms with Crippen molar-refractivity contribution in [1.82, 2.24) is 5.32 Å². The van der Waals surface area contributed by atoms with Gasteiger partial charge in [0.25, 0.3) is 0 Å². The lowest BCUT2D eigenvalue weighted by Crippen LogP contribution is -2.19. The summed E-state index contributed by atoms with van der Waals surface area (Å²) in [5, 5.41) is 4.70. The molecule has 0 saturated carbocycles. The molecule has 0 bridgehead atoms. The molecule has 0 saturated heterocycles. The molecule has 0 aromatic heterocycles. The number of halogens is 2. The maximum atomic E-state index is 6.13. The van der Waals surface area contributed by atoms with Gasteiger partial charge in [-0.25, -0.2) is 0 Å². The van der Waals surface area contributed by atoms with Gasteiger partial charge in [0.1, 0.15) is 0 Å². The Bertz CT molecular complexity index is 581. The lowest BCUT2D eigenvalue weighted by molar-refractivity contribution is 0.572. The average Bonchev–Trinajstić information content (AvgIpc) is 2.47. The van der Waals surface area contributed by atoms with Crippen LogP contribution in [0.25, 0.3) is 11.1 Å². The van der Waals surface area contributed by atoms with Gasteiger partial charge >= 0.3 is 0 Å². The van der Waals surface area contributed by atoms with Crippen LogP contribution in [0.4, 0.5) is 0 Å². The first-order valence-electron chi connectivity index (χ1n) is 6.91. The summed E-state index contributed by atoms with van der Waals surface area (Å²) in [5.41, 5.74) is 3.57. The van der Waals surface area contributed by atoms with Crippen molar-refractivity contribution in [2.24, 2.45) is 0 Å². The van der Waals surface area contributed by atoms with Crippen LogP contribution in [0.5, 0.6) is 0 Å². The number of nitrogens with one attached hydrogen (secondary N) is 1. The Labute approximate surface area is 130 Å². The monoisotopic (exact) mass is 307 g/mol. The number of hydrogen-bond acceptors (Lipinski definition) is 1. The molecule has 0 aliphatic carbocycles. The molecule has 0 aliphatic rings. The van der Waals surface area contributed by atoms with E-state index in [1.165, 1.54) is 11.1 Å². The molecule has 1 atom stereocenters. The third kappa shape index (κ3) is 3.54. The minimum Gasteiger partial charge on any atom is -0.310 e. The van der Waals surface area contributed by atoms with Gasteiger partial charge in [0.15, 0.2) is 0 Å². The number of benzene rings is 2. The Morgan fingerprint density at radius 1 is 1.05 bits per heavy atom. The van der Waals surface area contributed by atoms with Gasteiger partial charge in [-0.1, -0.05) is 60.5 Å². The minimum atomic E-state index is 0.306. The van der Waals surface area contributed by atoms with Crippen LogP contribution in [0, 0.1) is 0 Å². The Balaban J connectivity index is 2.38. The van der Waals surface area contributed by atoms with Gasteiger partial charge < -0.3 is 5.32 Å². The number of rotatable bonds is 5. The van der Waals surface area contributed by atoms with Crippen LogP contribution in [0.15, 0.2) is 42.5 Å². The van der Waals surface area contributed by atoms with E-state index in [0.29, 0.717) is 16.1 Å². The van der Waals surface area contributed by atoms with E-state index < -0.39 is 0 Å². The van der Waals surface area contributed by atoms with Crippen molar-refractivity contribution in [1.29, 1.82) is 0 Å². The highest BCUT2D eigenvalue weighted by Gasteiger charge is 2.11. The van der Waals surface area contributed by atoms with Gasteiger partial charge in [-0.15, -0.1) is 0 Å². The molecule has 106 valence electrons. The largest absolute Gasteiger partial charge is 0.310 e. The van der Waals surface area contributed by atoms with Crippen molar-refractivity contribution < 1.29 is 0 Å². The van der Waals surface area contributed by atoms with E-state index in [1.54, 1.807) is 0 Å². The van der Waals surface area contributed by atoms with Crippen molar-refractivity contribution in [3.8, 4) is 11.1 Å². The highest BCUT2D eigenvalue weighted by Crippen LogP contribution is 2.32. The third-order valence-electron chi connectivity index (χ3n) is 3.36. The maximum Gasteiger partial charge on any atom is 0.0598 e. The molecular formula is C17H19Cl2N. The quantitative estimate of drug-likeness (QED) is 0.744. The summed E-state index contributed by atoms with van der Waals surface area (Å²) in [6.45, 7) is 5.37. The molecule has 1 nitrogen and oxygen atoms in total. The highest BCUT2D eigenvalue weighted by molar-refractivity contribution is 6.42. The van der Waals surface area contributed by atoms with Crippen molar-refractivity contribution in [3.63, 3.8) is 0 Å². The van der Waals surface area contributed by atoms with E-state index >= 15 is 0 Å². The van der Waals surface area contributed by atoms with Crippen LogP contribution in [-0.2, 0) is 0 Å². The number of hydrogen-bond donors (Lipinski definition) is 1. The topological polar surface area (TPSA) is 12.0 Å². The smallest absolute Gasteiger partial charge is 0.0598 e. The standard InChI is InChI=1S/C17H19Cl2N/c1-3-10-20-12(2)14-6-4-5-7-15(14)13-8-9-16(18)17(19)11-13/h4-9,11-12,20H,3,10H2,1-2H3. The second-order valence-electron chi connectivity index (χ2n) is 4.89. The lowest BCUT2D eigenvalue weighted by Gasteiger charge is -2.18. The molecule has 0 radical (unpaired) electrons. The molecule has 0 fully saturated rings. The van der Waals surface area contributed by atoms with E-state index in [4.69, 9.17) is 23.2 Å². The van der Waals surface area contributed by atoms with Crippen LogP contribution in [-0.4, -0.2) is 6.54 Å². The first kappa shape index (κ1) is 15.4. The molecule has 0 aliphatic heterocycles. The van der Waals surface area contributed by atoms with Gasteiger partial charge in [0.05, 0.1) is 10.0 Å². The van der Waals surface area contributed by atoms with Crippen LogP contribution in [0.1, 0.15) is 31.9 Å². The molecule has 2 aromatic carbocycles. The Kier molecular flexibility index (Phi) is 5.47. The molecule has 20 heavy (non-hydrogen) atoms. The molecule has 3 heteroatoms. The molecule has 0 spiro atoms. The first-order valence-corrected chi connectivity index (χ1v) is 7.66. The SMILES string of the molecule is CCCNC(C)c1ccccc1-c1ccc(Cl)c(Cl)c1. The van der Waals surface area contributed by atoms with E-state index in [-0.39, 0.29) is 0 Å². The normalized spacial score (nSPS) is 12.4. The predicted molar refractivity (Wildman–Crippen MR) is 88.6 cm³/mol. The average molecular weight is 308 g/mol. The van der Waals surface area contributed by atoms with E-state index in [2.05, 4.69) is 37.4 Å². The summed E-state index contributed by atoms with van der Waals surface area (Å²) < 4.78 is 0. The fourth-order valence-corrected chi connectivity index (χ4v) is 2.57. The van der Waals surface area contributed by atoms with Crippen LogP contribution in [0.3, 0.4) is 0 Å². The highest BCUT2D eigenvalue weighted by atomic mass is 35.5. The van der Waals surface area contributed by atoms with Crippen LogP contribution in [0.2, 0.25) is 10.0 Å². The van der Waals surface area contributed by atoms with E-state index in [9.17, 15) is 0 Å². The second kappa shape index (κ2) is 7.12. The van der Waals surface area contributed by atoms with Crippen LogP contribution >= 0.6 is 23.2 Å². The zero-order chi connectivity index (χ0) is 14.5. The minimum absolute atomic E-state index is 0.306. The second-order valence-corrected chi connectivity index (χ2v) is 5.71.